The second kappa shape index (κ2) is 5.87. The Labute approximate surface area is 112 Å². The fraction of sp³-hybridized carbons (Fsp3) is 0.167. The molecule has 1 aliphatic rings. The number of halogens is 1. The first kappa shape index (κ1) is 12.2. The highest BCUT2D eigenvalue weighted by molar-refractivity contribution is 9.11. The minimum Gasteiger partial charge on any atom is -0.351 e. The van der Waals surface area contributed by atoms with E-state index >= 15 is 0 Å². The van der Waals surface area contributed by atoms with Gasteiger partial charge in [-0.1, -0.05) is 0 Å². The van der Waals surface area contributed by atoms with Crippen LogP contribution in [0.2, 0.25) is 0 Å². The molecule has 0 fully saturated rings. The third kappa shape index (κ3) is 3.60. The van der Waals surface area contributed by atoms with E-state index < -0.39 is 0 Å². The summed E-state index contributed by atoms with van der Waals surface area (Å²) >= 11 is 4.56. The van der Waals surface area contributed by atoms with Crippen molar-refractivity contribution in [3.63, 3.8) is 0 Å². The first-order valence-electron chi connectivity index (χ1n) is 5.10. The van der Waals surface area contributed by atoms with Gasteiger partial charge in [-0.2, -0.15) is 0 Å². The van der Waals surface area contributed by atoms with Gasteiger partial charge in [-0.3, -0.25) is 4.79 Å². The van der Waals surface area contributed by atoms with Crippen molar-refractivity contribution in [2.24, 2.45) is 0 Å². The zero-order valence-corrected chi connectivity index (χ0v) is 11.3. The van der Waals surface area contributed by atoms with E-state index in [1.165, 1.54) is 16.9 Å². The Kier molecular flexibility index (Phi) is 4.20. The zero-order chi connectivity index (χ0) is 12.1. The Balaban J connectivity index is 1.79. The van der Waals surface area contributed by atoms with Crippen LogP contribution in [0.15, 0.2) is 40.0 Å². The van der Waals surface area contributed by atoms with Crippen LogP contribution in [0.4, 0.5) is 0 Å². The summed E-state index contributed by atoms with van der Waals surface area (Å²) in [4.78, 5) is 16.3. The number of carbonyl (C=O) groups is 1. The van der Waals surface area contributed by atoms with Crippen LogP contribution in [0.3, 0.4) is 0 Å². The van der Waals surface area contributed by atoms with E-state index in [4.69, 9.17) is 0 Å². The highest BCUT2D eigenvalue weighted by Gasteiger charge is 2.09. The first-order chi connectivity index (χ1) is 8.25. The molecule has 0 radical (unpaired) electrons. The molecule has 5 heteroatoms. The average Bonchev–Trinajstić information content (AvgIpc) is 2.77. The van der Waals surface area contributed by atoms with E-state index in [0.717, 1.165) is 10.3 Å². The molecule has 86 valence electrons. The van der Waals surface area contributed by atoms with E-state index in [1.807, 2.05) is 24.3 Å². The molecule has 0 bridgehead atoms. The van der Waals surface area contributed by atoms with Crippen LogP contribution < -0.4 is 5.32 Å². The number of allylic oxidation sites excluding steroid dienone is 5. The zero-order valence-electron chi connectivity index (χ0n) is 8.94. The molecule has 1 heterocycles. The Bertz CT molecular complexity index is 502. The predicted molar refractivity (Wildman–Crippen MR) is 71.8 cm³/mol. The maximum Gasteiger partial charge on any atom is 0.263 e. The molecule has 1 amide bonds. The summed E-state index contributed by atoms with van der Waals surface area (Å²) in [6, 6.07) is 0. The fourth-order valence-electron chi connectivity index (χ4n) is 1.35. The molecule has 0 saturated heterocycles. The number of nitrogens with zero attached hydrogens (tertiary/aromatic N) is 1. The summed E-state index contributed by atoms with van der Waals surface area (Å²) < 4.78 is 0.723. The molecule has 0 saturated carbocycles. The standard InChI is InChI=1S/C12H9BrN2OS/c13-12-15-8-10(17-12)11(16)14-7-6-9-4-2-1-3-5-9/h2-5,8H,6-7H2/p+1. The summed E-state index contributed by atoms with van der Waals surface area (Å²) in [5, 5.41) is 2.86. The van der Waals surface area contributed by atoms with Gasteiger partial charge >= 0.3 is 0 Å². The van der Waals surface area contributed by atoms with Gasteiger partial charge in [0.2, 0.25) is 0 Å². The minimum absolute atomic E-state index is 0.0734. The van der Waals surface area contributed by atoms with Gasteiger partial charge in [0.25, 0.3) is 5.91 Å². The Morgan fingerprint density at radius 3 is 3.12 bits per heavy atom. The molecule has 0 atom stereocenters. The maximum absolute atomic E-state index is 11.7. The molecule has 0 aliphatic heterocycles. The maximum atomic E-state index is 11.7. The second-order valence-corrected chi connectivity index (χ2v) is 5.70. The van der Waals surface area contributed by atoms with Gasteiger partial charge in [0, 0.05) is 19.0 Å². The van der Waals surface area contributed by atoms with Crippen molar-refractivity contribution in [2.75, 3.05) is 6.54 Å². The Morgan fingerprint density at radius 1 is 1.59 bits per heavy atom. The molecule has 1 aromatic rings. The SMILES string of the molecule is O=C(NCCC1=CC=[C+]C=C1)c1cnc(Br)s1. The fourth-order valence-corrected chi connectivity index (χ4v) is 2.54. The molecule has 2 rings (SSSR count). The van der Waals surface area contributed by atoms with E-state index in [1.54, 1.807) is 6.20 Å². The summed E-state index contributed by atoms with van der Waals surface area (Å²) in [6.07, 6.45) is 13.1. The number of aromatic nitrogens is 1. The van der Waals surface area contributed by atoms with Crippen molar-refractivity contribution in [1.29, 1.82) is 0 Å². The van der Waals surface area contributed by atoms with E-state index in [9.17, 15) is 4.79 Å². The normalized spacial score (nSPS) is 13.1. The molecule has 0 unspecified atom stereocenters. The van der Waals surface area contributed by atoms with Crippen LogP contribution in [0, 0.1) is 6.08 Å². The topological polar surface area (TPSA) is 42.0 Å². The number of rotatable bonds is 4. The van der Waals surface area contributed by atoms with Crippen LogP contribution in [0.5, 0.6) is 0 Å². The summed E-state index contributed by atoms with van der Waals surface area (Å²) in [5.74, 6) is -0.0734. The van der Waals surface area contributed by atoms with Crippen molar-refractivity contribution < 1.29 is 4.79 Å². The predicted octanol–water partition coefficient (Wildman–Crippen LogP) is 2.88. The molecule has 1 aromatic heterocycles. The number of carbonyl (C=O) groups excluding carboxylic acids is 1. The minimum atomic E-state index is -0.0734. The van der Waals surface area contributed by atoms with Gasteiger partial charge in [-0.05, 0) is 15.9 Å². The van der Waals surface area contributed by atoms with Gasteiger partial charge in [0.05, 0.1) is 23.9 Å². The van der Waals surface area contributed by atoms with Gasteiger partial charge in [0.1, 0.15) is 17.0 Å². The highest BCUT2D eigenvalue weighted by Crippen LogP contribution is 2.18. The van der Waals surface area contributed by atoms with Crippen LogP contribution in [-0.4, -0.2) is 17.4 Å². The molecule has 0 spiro atoms. The number of hydrogen-bond donors (Lipinski definition) is 1. The Hall–Kier alpha value is -1.29. The molecular weight excluding hydrogens is 300 g/mol. The van der Waals surface area contributed by atoms with E-state index in [2.05, 4.69) is 32.3 Å². The summed E-state index contributed by atoms with van der Waals surface area (Å²) in [5.41, 5.74) is 1.19. The lowest BCUT2D eigenvalue weighted by Gasteiger charge is -2.01. The smallest absolute Gasteiger partial charge is 0.263 e. The van der Waals surface area contributed by atoms with Crippen LogP contribution in [0.25, 0.3) is 0 Å². The van der Waals surface area contributed by atoms with Gasteiger partial charge in [-0.15, -0.1) is 11.3 Å². The van der Waals surface area contributed by atoms with Crippen LogP contribution in [0.1, 0.15) is 16.1 Å². The van der Waals surface area contributed by atoms with E-state index in [-0.39, 0.29) is 5.91 Å². The number of nitrogens with one attached hydrogen (secondary N) is 1. The molecular formula is C12H10BrN2OS+. The first-order valence-corrected chi connectivity index (χ1v) is 6.71. The van der Waals surface area contributed by atoms with Crippen molar-refractivity contribution in [3.05, 3.63) is 50.9 Å². The monoisotopic (exact) mass is 309 g/mol. The van der Waals surface area contributed by atoms with Gasteiger partial charge in [-0.25, -0.2) is 4.98 Å². The Morgan fingerprint density at radius 2 is 2.47 bits per heavy atom. The molecule has 1 aliphatic carbocycles. The lowest BCUT2D eigenvalue weighted by Crippen LogP contribution is -2.23. The molecule has 1 N–H and O–H groups in total. The van der Waals surface area contributed by atoms with E-state index in [0.29, 0.717) is 11.4 Å². The van der Waals surface area contributed by atoms with Gasteiger partial charge < -0.3 is 5.32 Å². The quantitative estimate of drug-likeness (QED) is 0.869. The summed E-state index contributed by atoms with van der Waals surface area (Å²) in [7, 11) is 0. The third-order valence-corrected chi connectivity index (χ3v) is 3.66. The number of hydrogen-bond acceptors (Lipinski definition) is 3. The van der Waals surface area contributed by atoms with Gasteiger partial charge in [0.15, 0.2) is 3.92 Å². The second-order valence-electron chi connectivity index (χ2n) is 3.39. The third-order valence-electron chi connectivity index (χ3n) is 2.19. The lowest BCUT2D eigenvalue weighted by molar-refractivity contribution is 0.0958. The average molecular weight is 310 g/mol. The van der Waals surface area contributed by atoms with Crippen molar-refractivity contribution in [2.45, 2.75) is 6.42 Å². The molecule has 17 heavy (non-hydrogen) atoms. The number of amides is 1. The summed E-state index contributed by atoms with van der Waals surface area (Å²) in [6.45, 7) is 0.623. The van der Waals surface area contributed by atoms with Crippen molar-refractivity contribution >= 4 is 33.2 Å². The van der Waals surface area contributed by atoms with Crippen molar-refractivity contribution in [3.8, 4) is 0 Å². The molecule has 0 aromatic carbocycles. The highest BCUT2D eigenvalue weighted by atomic mass is 79.9. The number of thiazole rings is 1. The lowest BCUT2D eigenvalue weighted by atomic mass is 10.1. The van der Waals surface area contributed by atoms with Crippen LogP contribution >= 0.6 is 27.3 Å². The van der Waals surface area contributed by atoms with Crippen molar-refractivity contribution in [1.82, 2.24) is 10.3 Å². The van der Waals surface area contributed by atoms with Crippen LogP contribution in [-0.2, 0) is 0 Å². The largest absolute Gasteiger partial charge is 0.351 e. The molecule has 3 nitrogen and oxygen atoms in total.